The first-order chi connectivity index (χ1) is 15.9. The summed E-state index contributed by atoms with van der Waals surface area (Å²) in [5, 5.41) is 3.49. The average molecular weight is 453 g/mol. The highest BCUT2D eigenvalue weighted by Gasteiger charge is 2.14. The van der Waals surface area contributed by atoms with E-state index in [2.05, 4.69) is 26.1 Å². The van der Waals surface area contributed by atoms with Gasteiger partial charge in [-0.15, -0.1) is 0 Å². The summed E-state index contributed by atoms with van der Waals surface area (Å²) >= 11 is 0. The molecule has 0 radical (unpaired) electrons. The maximum atomic E-state index is 13.4. The summed E-state index contributed by atoms with van der Waals surface area (Å²) in [4.78, 5) is 0. The number of hydrogen-bond acceptors (Lipinski definition) is 3. The van der Waals surface area contributed by atoms with Gasteiger partial charge in [0, 0.05) is 12.1 Å². The number of likely N-dealkylation sites (N-methyl/N-ethyl adjacent to an activating group) is 1. The van der Waals surface area contributed by atoms with Gasteiger partial charge >= 0.3 is 0 Å². The summed E-state index contributed by atoms with van der Waals surface area (Å²) < 4.78 is 33.1. The van der Waals surface area contributed by atoms with Crippen molar-refractivity contribution in [1.29, 1.82) is 0 Å². The van der Waals surface area contributed by atoms with E-state index in [-0.39, 0.29) is 23.7 Å². The lowest BCUT2D eigenvalue weighted by Gasteiger charge is -2.22. The minimum atomic E-state index is -0.280. The molecule has 176 valence electrons. The van der Waals surface area contributed by atoms with Crippen molar-refractivity contribution in [2.45, 2.75) is 45.7 Å². The zero-order chi connectivity index (χ0) is 23.8. The smallest absolute Gasteiger partial charge is 0.123 e. The molecule has 0 bridgehead atoms. The molecule has 0 aromatic heterocycles. The molecular weight excluding hydrogens is 418 g/mol. The van der Waals surface area contributed by atoms with Crippen LogP contribution in [0.2, 0.25) is 0 Å². The Kier molecular flexibility index (Phi) is 8.98. The maximum absolute atomic E-state index is 13.4. The maximum Gasteiger partial charge on any atom is 0.123 e. The fraction of sp³-hybridized carbons (Fsp3) is 0.357. The summed E-state index contributed by atoms with van der Waals surface area (Å²) in [6, 6.07) is 19.0. The molecule has 3 N–H and O–H groups in total. The van der Waals surface area contributed by atoms with E-state index in [1.807, 2.05) is 18.2 Å². The Labute approximate surface area is 196 Å². The van der Waals surface area contributed by atoms with Gasteiger partial charge in [0.2, 0.25) is 0 Å². The van der Waals surface area contributed by atoms with E-state index in [0.717, 1.165) is 41.6 Å². The van der Waals surface area contributed by atoms with E-state index in [1.54, 1.807) is 24.3 Å². The third-order valence-corrected chi connectivity index (χ3v) is 5.91. The van der Waals surface area contributed by atoms with Crippen LogP contribution in [0, 0.1) is 17.6 Å². The number of hydrogen-bond donors (Lipinski definition) is 2. The van der Waals surface area contributed by atoms with Crippen LogP contribution in [0.3, 0.4) is 0 Å². The van der Waals surface area contributed by atoms with Crippen LogP contribution in [0.5, 0.6) is 5.75 Å². The Morgan fingerprint density at radius 1 is 0.788 bits per heavy atom. The first-order valence-electron chi connectivity index (χ1n) is 11.6. The van der Waals surface area contributed by atoms with Crippen LogP contribution in [-0.2, 0) is 0 Å². The predicted molar refractivity (Wildman–Crippen MR) is 132 cm³/mol. The van der Waals surface area contributed by atoms with Crippen LogP contribution >= 0.6 is 0 Å². The van der Waals surface area contributed by atoms with Crippen LogP contribution in [0.1, 0.15) is 33.6 Å². The second-order valence-corrected chi connectivity index (χ2v) is 8.81. The topological polar surface area (TPSA) is 47.3 Å². The van der Waals surface area contributed by atoms with Gasteiger partial charge in [-0.2, -0.15) is 0 Å². The Morgan fingerprint density at radius 2 is 1.30 bits per heavy atom. The van der Waals surface area contributed by atoms with Gasteiger partial charge in [0.25, 0.3) is 0 Å². The van der Waals surface area contributed by atoms with E-state index in [9.17, 15) is 8.78 Å². The van der Waals surface area contributed by atoms with Crippen LogP contribution < -0.4 is 15.8 Å². The standard InChI is InChI=1S/C28H34F2N2O/c1-4-32-26(13-14-28(31)19(2)3)18-33-27-16-22(20-5-9-24(29)10-6-20)15-23(17-27)21-7-11-25(30)12-8-21/h5-12,15-17,19,26,28,32H,4,13-14,18,31H2,1-3H3/t26-,28?/m0/s1. The molecule has 2 atom stereocenters. The second-order valence-electron chi connectivity index (χ2n) is 8.81. The summed E-state index contributed by atoms with van der Waals surface area (Å²) in [5.74, 6) is 0.599. The molecule has 0 saturated heterocycles. The molecule has 33 heavy (non-hydrogen) atoms. The van der Waals surface area contributed by atoms with E-state index in [4.69, 9.17) is 10.5 Å². The number of benzene rings is 3. The predicted octanol–water partition coefficient (Wildman–Crippen LogP) is 6.42. The van der Waals surface area contributed by atoms with Crippen molar-refractivity contribution in [3.05, 3.63) is 78.4 Å². The van der Waals surface area contributed by atoms with Crippen molar-refractivity contribution in [2.75, 3.05) is 13.2 Å². The molecule has 0 spiro atoms. The molecule has 0 aliphatic carbocycles. The SMILES string of the molecule is CCN[C@@H](CCC(N)C(C)C)COc1cc(-c2ccc(F)cc2)cc(-c2ccc(F)cc2)c1. The highest BCUT2D eigenvalue weighted by Crippen LogP contribution is 2.32. The quantitative estimate of drug-likeness (QED) is 0.353. The van der Waals surface area contributed by atoms with Crippen LogP contribution in [-0.4, -0.2) is 25.2 Å². The lowest BCUT2D eigenvalue weighted by atomic mass is 9.97. The van der Waals surface area contributed by atoms with Gasteiger partial charge < -0.3 is 15.8 Å². The van der Waals surface area contributed by atoms with Crippen molar-refractivity contribution >= 4 is 0 Å². The van der Waals surface area contributed by atoms with Crippen molar-refractivity contribution < 1.29 is 13.5 Å². The largest absolute Gasteiger partial charge is 0.492 e. The third-order valence-electron chi connectivity index (χ3n) is 5.91. The second kappa shape index (κ2) is 11.9. The average Bonchev–Trinajstić information content (AvgIpc) is 2.81. The zero-order valence-corrected chi connectivity index (χ0v) is 19.7. The van der Waals surface area contributed by atoms with E-state index >= 15 is 0 Å². The number of nitrogens with two attached hydrogens (primary N) is 1. The van der Waals surface area contributed by atoms with Gasteiger partial charge in [0.05, 0.1) is 0 Å². The Bertz CT molecular complexity index is 940. The third kappa shape index (κ3) is 7.37. The lowest BCUT2D eigenvalue weighted by Crippen LogP contribution is -2.37. The van der Waals surface area contributed by atoms with Gasteiger partial charge in [-0.3, -0.25) is 0 Å². The number of rotatable bonds is 11. The molecule has 0 heterocycles. The van der Waals surface area contributed by atoms with Gasteiger partial charge in [0.15, 0.2) is 0 Å². The van der Waals surface area contributed by atoms with E-state index in [1.165, 1.54) is 24.3 Å². The first-order valence-corrected chi connectivity index (χ1v) is 11.6. The highest BCUT2D eigenvalue weighted by atomic mass is 19.1. The van der Waals surface area contributed by atoms with Gasteiger partial charge in [-0.1, -0.05) is 45.0 Å². The normalized spacial score (nSPS) is 13.2. The first kappa shape index (κ1) is 24.9. The van der Waals surface area contributed by atoms with Gasteiger partial charge in [-0.25, -0.2) is 8.78 Å². The van der Waals surface area contributed by atoms with Crippen LogP contribution in [0.4, 0.5) is 8.78 Å². The Balaban J connectivity index is 1.84. The van der Waals surface area contributed by atoms with Crippen molar-refractivity contribution in [3.63, 3.8) is 0 Å². The molecule has 3 aromatic carbocycles. The molecular formula is C28H34F2N2O. The van der Waals surface area contributed by atoms with Crippen LogP contribution in [0.25, 0.3) is 22.3 Å². The highest BCUT2D eigenvalue weighted by molar-refractivity contribution is 5.75. The fourth-order valence-electron chi connectivity index (χ4n) is 3.76. The molecule has 3 rings (SSSR count). The van der Waals surface area contributed by atoms with Crippen LogP contribution in [0.15, 0.2) is 66.7 Å². The summed E-state index contributed by atoms with van der Waals surface area (Å²) in [6.45, 7) is 7.72. The summed E-state index contributed by atoms with van der Waals surface area (Å²) in [5.41, 5.74) is 9.83. The van der Waals surface area contributed by atoms with E-state index in [0.29, 0.717) is 18.3 Å². The Hall–Kier alpha value is -2.76. The van der Waals surface area contributed by atoms with Gasteiger partial charge in [-0.05, 0) is 90.0 Å². The summed E-state index contributed by atoms with van der Waals surface area (Å²) in [7, 11) is 0. The monoisotopic (exact) mass is 452 g/mol. The Morgan fingerprint density at radius 3 is 1.76 bits per heavy atom. The van der Waals surface area contributed by atoms with Crippen molar-refractivity contribution in [3.8, 4) is 28.0 Å². The minimum absolute atomic E-state index is 0.165. The number of ether oxygens (including phenoxy) is 1. The molecule has 3 nitrogen and oxygen atoms in total. The number of halogens is 2. The van der Waals surface area contributed by atoms with Gasteiger partial charge in [0.1, 0.15) is 24.0 Å². The van der Waals surface area contributed by atoms with E-state index < -0.39 is 0 Å². The molecule has 3 aromatic rings. The minimum Gasteiger partial charge on any atom is -0.492 e. The molecule has 0 fully saturated rings. The molecule has 0 saturated carbocycles. The van der Waals surface area contributed by atoms with Crippen molar-refractivity contribution in [1.82, 2.24) is 5.32 Å². The molecule has 0 aliphatic rings. The number of nitrogens with one attached hydrogen (secondary N) is 1. The van der Waals surface area contributed by atoms with Crippen molar-refractivity contribution in [2.24, 2.45) is 11.7 Å². The summed E-state index contributed by atoms with van der Waals surface area (Å²) in [6.07, 6.45) is 1.85. The molecule has 0 amide bonds. The molecule has 0 aliphatic heterocycles. The molecule has 1 unspecified atom stereocenters. The lowest BCUT2D eigenvalue weighted by molar-refractivity contribution is 0.250. The molecule has 5 heteroatoms. The fourth-order valence-corrected chi connectivity index (χ4v) is 3.76. The zero-order valence-electron chi connectivity index (χ0n) is 19.7.